The van der Waals surface area contributed by atoms with E-state index in [-0.39, 0.29) is 0 Å². The van der Waals surface area contributed by atoms with Crippen LogP contribution in [-0.2, 0) is 13.0 Å². The molecule has 1 unspecified atom stereocenters. The number of aromatic amines is 1. The van der Waals surface area contributed by atoms with Crippen LogP contribution in [0, 0.1) is 5.92 Å². The van der Waals surface area contributed by atoms with Gasteiger partial charge in [0.1, 0.15) is 12.4 Å². The van der Waals surface area contributed by atoms with Crippen LogP contribution in [-0.4, -0.2) is 41.3 Å². The second-order valence-corrected chi connectivity index (χ2v) is 7.52. The molecule has 1 aliphatic heterocycles. The molecule has 5 heteroatoms. The average Bonchev–Trinajstić information content (AvgIpc) is 3.15. The smallest absolute Gasteiger partial charge is 0.119 e. The normalized spacial score (nSPS) is 18.0. The molecule has 1 atom stereocenters. The van der Waals surface area contributed by atoms with Gasteiger partial charge < -0.3 is 10.5 Å². The highest BCUT2D eigenvalue weighted by atomic mass is 16.5. The Labute approximate surface area is 160 Å². The second kappa shape index (κ2) is 8.55. The van der Waals surface area contributed by atoms with Gasteiger partial charge in [-0.1, -0.05) is 18.2 Å². The molecule has 0 saturated carbocycles. The first kappa shape index (κ1) is 18.0. The van der Waals surface area contributed by atoms with Gasteiger partial charge in [0.15, 0.2) is 0 Å². The fraction of sp³-hybridized carbons (Fsp3) is 0.409. The van der Waals surface area contributed by atoms with E-state index in [1.165, 1.54) is 35.9 Å². The molecule has 1 fully saturated rings. The Morgan fingerprint density at radius 2 is 2.15 bits per heavy atom. The summed E-state index contributed by atoms with van der Waals surface area (Å²) in [6.45, 7) is 4.42. The fourth-order valence-corrected chi connectivity index (χ4v) is 4.08. The first-order valence-corrected chi connectivity index (χ1v) is 9.86. The zero-order valence-corrected chi connectivity index (χ0v) is 15.7. The number of hydrogen-bond acceptors (Lipinski definition) is 4. The number of hydrogen-bond donors (Lipinski definition) is 2. The third-order valence-corrected chi connectivity index (χ3v) is 5.32. The van der Waals surface area contributed by atoms with E-state index in [2.05, 4.69) is 51.5 Å². The second-order valence-electron chi connectivity index (χ2n) is 7.52. The zero-order chi connectivity index (χ0) is 18.5. The molecule has 0 bridgehead atoms. The van der Waals surface area contributed by atoms with E-state index < -0.39 is 0 Å². The van der Waals surface area contributed by atoms with Crippen molar-refractivity contribution in [3.8, 4) is 5.75 Å². The van der Waals surface area contributed by atoms with Crippen molar-refractivity contribution in [2.45, 2.75) is 25.8 Å². The Bertz CT molecular complexity index is 875. The molecule has 1 saturated heterocycles. The molecule has 0 aliphatic carbocycles. The molecule has 27 heavy (non-hydrogen) atoms. The van der Waals surface area contributed by atoms with Crippen molar-refractivity contribution in [3.05, 3.63) is 59.8 Å². The van der Waals surface area contributed by atoms with Crippen LogP contribution in [0.3, 0.4) is 0 Å². The van der Waals surface area contributed by atoms with Crippen molar-refractivity contribution in [3.63, 3.8) is 0 Å². The van der Waals surface area contributed by atoms with Crippen LogP contribution in [0.5, 0.6) is 5.75 Å². The topological polar surface area (TPSA) is 67.2 Å². The van der Waals surface area contributed by atoms with Gasteiger partial charge in [0.25, 0.3) is 0 Å². The SMILES string of the molecule is NCCOc1cccc(CN2CCCC(Cc3ccc4[nH]ncc4c3)C2)c1. The summed E-state index contributed by atoms with van der Waals surface area (Å²) in [6, 6.07) is 15.1. The summed E-state index contributed by atoms with van der Waals surface area (Å²) in [7, 11) is 0. The first-order chi connectivity index (χ1) is 13.3. The molecule has 142 valence electrons. The lowest BCUT2D eigenvalue weighted by Crippen LogP contribution is -2.35. The van der Waals surface area contributed by atoms with Crippen molar-refractivity contribution in [1.82, 2.24) is 15.1 Å². The molecular weight excluding hydrogens is 336 g/mol. The van der Waals surface area contributed by atoms with Crippen LogP contribution in [0.2, 0.25) is 0 Å². The standard InChI is InChI=1S/C22H28N4O/c23-8-10-27-21-5-1-3-19(13-21)16-26-9-2-4-18(15-26)11-17-6-7-22-20(12-17)14-24-25-22/h1,3,5-7,12-14,18H,2,4,8-11,15-16,23H2,(H,24,25). The number of nitrogens with one attached hydrogen (secondary N) is 1. The molecule has 1 aliphatic rings. The third-order valence-electron chi connectivity index (χ3n) is 5.32. The Hall–Kier alpha value is -2.37. The quantitative estimate of drug-likeness (QED) is 0.675. The van der Waals surface area contributed by atoms with Gasteiger partial charge in [0.05, 0.1) is 11.7 Å². The number of ether oxygens (including phenoxy) is 1. The lowest BCUT2D eigenvalue weighted by molar-refractivity contribution is 0.167. The minimum Gasteiger partial charge on any atom is -0.492 e. The molecule has 2 heterocycles. The van der Waals surface area contributed by atoms with E-state index in [0.717, 1.165) is 30.8 Å². The van der Waals surface area contributed by atoms with Gasteiger partial charge in [0, 0.05) is 25.0 Å². The first-order valence-electron chi connectivity index (χ1n) is 9.86. The molecule has 2 aromatic carbocycles. The van der Waals surface area contributed by atoms with Crippen molar-refractivity contribution >= 4 is 10.9 Å². The molecule has 3 N–H and O–H groups in total. The average molecular weight is 364 g/mol. The number of H-pyrrole nitrogens is 1. The van der Waals surface area contributed by atoms with Gasteiger partial charge in [-0.15, -0.1) is 0 Å². The molecule has 0 amide bonds. The summed E-state index contributed by atoms with van der Waals surface area (Å²) in [6.07, 6.45) is 5.62. The Morgan fingerprint density at radius 1 is 1.19 bits per heavy atom. The van der Waals surface area contributed by atoms with E-state index in [9.17, 15) is 0 Å². The van der Waals surface area contributed by atoms with E-state index in [1.54, 1.807) is 0 Å². The van der Waals surface area contributed by atoms with Gasteiger partial charge in [-0.3, -0.25) is 10.00 Å². The number of likely N-dealkylation sites (tertiary alicyclic amines) is 1. The molecule has 5 nitrogen and oxygen atoms in total. The maximum absolute atomic E-state index is 5.66. The van der Waals surface area contributed by atoms with Gasteiger partial charge in [0.2, 0.25) is 0 Å². The number of benzene rings is 2. The largest absolute Gasteiger partial charge is 0.492 e. The number of nitrogens with two attached hydrogens (primary N) is 1. The van der Waals surface area contributed by atoms with E-state index in [4.69, 9.17) is 10.5 Å². The predicted octanol–water partition coefficient (Wildman–Crippen LogP) is 3.36. The van der Waals surface area contributed by atoms with Gasteiger partial charge in [-0.25, -0.2) is 0 Å². The van der Waals surface area contributed by atoms with Crippen molar-refractivity contribution in [1.29, 1.82) is 0 Å². The summed E-state index contributed by atoms with van der Waals surface area (Å²) in [4.78, 5) is 2.58. The number of piperidine rings is 1. The Morgan fingerprint density at radius 3 is 3.07 bits per heavy atom. The van der Waals surface area contributed by atoms with Crippen LogP contribution in [0.25, 0.3) is 10.9 Å². The highest BCUT2D eigenvalue weighted by Crippen LogP contribution is 2.24. The predicted molar refractivity (Wildman–Crippen MR) is 109 cm³/mol. The zero-order valence-electron chi connectivity index (χ0n) is 15.7. The number of fused-ring (bicyclic) bond motifs is 1. The Kier molecular flexibility index (Phi) is 5.70. The van der Waals surface area contributed by atoms with E-state index >= 15 is 0 Å². The fourth-order valence-electron chi connectivity index (χ4n) is 4.08. The van der Waals surface area contributed by atoms with Crippen molar-refractivity contribution in [2.24, 2.45) is 11.7 Å². The number of rotatable bonds is 7. The summed E-state index contributed by atoms with van der Waals surface area (Å²) in [5.41, 5.74) is 9.36. The minimum absolute atomic E-state index is 0.544. The van der Waals surface area contributed by atoms with Crippen molar-refractivity contribution in [2.75, 3.05) is 26.2 Å². The molecule has 3 aromatic rings. The molecule has 0 spiro atoms. The maximum Gasteiger partial charge on any atom is 0.119 e. The molecule has 0 radical (unpaired) electrons. The number of aromatic nitrogens is 2. The van der Waals surface area contributed by atoms with E-state index in [0.29, 0.717) is 19.1 Å². The van der Waals surface area contributed by atoms with Gasteiger partial charge in [-0.05, 0) is 67.1 Å². The summed E-state index contributed by atoms with van der Waals surface area (Å²) >= 11 is 0. The highest BCUT2D eigenvalue weighted by molar-refractivity contribution is 5.78. The Balaban J connectivity index is 1.36. The van der Waals surface area contributed by atoms with Crippen molar-refractivity contribution < 1.29 is 4.74 Å². The lowest BCUT2D eigenvalue weighted by atomic mass is 9.90. The summed E-state index contributed by atoms with van der Waals surface area (Å²) in [5, 5.41) is 8.35. The third kappa shape index (κ3) is 4.67. The minimum atomic E-state index is 0.544. The molecule has 4 rings (SSSR count). The van der Waals surface area contributed by atoms with Crippen LogP contribution < -0.4 is 10.5 Å². The van der Waals surface area contributed by atoms with Gasteiger partial charge in [-0.2, -0.15) is 5.10 Å². The molecule has 1 aromatic heterocycles. The van der Waals surface area contributed by atoms with E-state index in [1.807, 2.05) is 12.3 Å². The monoisotopic (exact) mass is 364 g/mol. The van der Waals surface area contributed by atoms with Crippen LogP contribution in [0.1, 0.15) is 24.0 Å². The lowest BCUT2D eigenvalue weighted by Gasteiger charge is -2.33. The highest BCUT2D eigenvalue weighted by Gasteiger charge is 2.20. The maximum atomic E-state index is 5.66. The molecular formula is C22H28N4O. The van der Waals surface area contributed by atoms with Crippen LogP contribution in [0.4, 0.5) is 0 Å². The summed E-state index contributed by atoms with van der Waals surface area (Å²) < 4.78 is 5.66. The summed E-state index contributed by atoms with van der Waals surface area (Å²) in [5.74, 6) is 1.62. The van der Waals surface area contributed by atoms with Crippen LogP contribution >= 0.6 is 0 Å². The van der Waals surface area contributed by atoms with Gasteiger partial charge >= 0.3 is 0 Å². The van der Waals surface area contributed by atoms with Crippen LogP contribution in [0.15, 0.2) is 48.7 Å². The number of nitrogens with zero attached hydrogens (tertiary/aromatic N) is 2.